The summed E-state index contributed by atoms with van der Waals surface area (Å²) in [5.74, 6) is 1.20. The van der Waals surface area contributed by atoms with Gasteiger partial charge in [0.15, 0.2) is 0 Å². The van der Waals surface area contributed by atoms with Gasteiger partial charge in [0.2, 0.25) is 0 Å². The Labute approximate surface area is 59.7 Å². The molecule has 0 heterocycles. The standard InChI is InChI=1S/C2H7PS.2H2S/c1-2-4-3;;/h2-3H2,1H3;2*1H2. The fourth-order valence-corrected chi connectivity index (χ4v) is 0. The van der Waals surface area contributed by atoms with Gasteiger partial charge in [-0.05, 0) is 5.75 Å². The molecule has 0 saturated heterocycles. The molecule has 0 N–H and O–H groups in total. The normalized spacial score (nSPS) is 5.00. The minimum atomic E-state index is 0. The fraction of sp³-hybridized carbons (Fsp3) is 1.00. The molecule has 0 aromatic rings. The third-order valence-corrected chi connectivity index (χ3v) is 1.50. The van der Waals surface area contributed by atoms with Crippen LogP contribution in [0.15, 0.2) is 0 Å². The van der Waals surface area contributed by atoms with Gasteiger partial charge in [-0.25, -0.2) is 0 Å². The van der Waals surface area contributed by atoms with Gasteiger partial charge in [-0.2, -0.15) is 27.0 Å². The lowest BCUT2D eigenvalue weighted by molar-refractivity contribution is 1.54. The topological polar surface area (TPSA) is 0 Å². The Bertz CT molecular complexity index is 10.8. The van der Waals surface area contributed by atoms with Gasteiger partial charge in [-0.15, -0.1) is 11.4 Å². The average molecular weight is 162 g/mol. The van der Waals surface area contributed by atoms with Crippen molar-refractivity contribution in [1.29, 1.82) is 0 Å². The molecule has 0 spiro atoms. The summed E-state index contributed by atoms with van der Waals surface area (Å²) in [5, 5.41) is 0. The van der Waals surface area contributed by atoms with E-state index in [0.717, 1.165) is 0 Å². The first-order valence-corrected chi connectivity index (χ1v) is 3.69. The molecule has 0 saturated carbocycles. The Hall–Kier alpha value is 1.48. The molecule has 0 rings (SSSR count). The lowest BCUT2D eigenvalue weighted by Gasteiger charge is -1.69. The van der Waals surface area contributed by atoms with Gasteiger partial charge in [-0.1, -0.05) is 15.4 Å². The highest BCUT2D eigenvalue weighted by atomic mass is 32.7. The molecule has 6 heavy (non-hydrogen) atoms. The van der Waals surface area contributed by atoms with E-state index in [0.29, 0.717) is 0 Å². The van der Waals surface area contributed by atoms with E-state index in [1.807, 2.05) is 0 Å². The summed E-state index contributed by atoms with van der Waals surface area (Å²) in [6, 6.07) is 0. The van der Waals surface area contributed by atoms with Crippen molar-refractivity contribution >= 4 is 46.8 Å². The zero-order chi connectivity index (χ0) is 3.41. The van der Waals surface area contributed by atoms with E-state index in [-0.39, 0.29) is 27.0 Å². The molecule has 0 aromatic carbocycles. The zero-order valence-electron chi connectivity index (χ0n) is 3.69. The summed E-state index contributed by atoms with van der Waals surface area (Å²) in [6.45, 7) is 2.12. The minimum absolute atomic E-state index is 0. The summed E-state index contributed by atoms with van der Waals surface area (Å²) >= 11 is 1.77. The maximum absolute atomic E-state index is 2.57. The summed E-state index contributed by atoms with van der Waals surface area (Å²) in [4.78, 5) is 0. The highest BCUT2D eigenvalue weighted by Gasteiger charge is 1.55. The third-order valence-electron chi connectivity index (χ3n) is 0.167. The highest BCUT2D eigenvalue weighted by Crippen LogP contribution is 2.06. The number of hydrogen-bond acceptors (Lipinski definition) is 1. The van der Waals surface area contributed by atoms with E-state index in [1.54, 1.807) is 11.4 Å². The maximum atomic E-state index is 2.57. The molecule has 0 amide bonds. The largest absolute Gasteiger partial charge is 0.197 e. The zero-order valence-corrected chi connectivity index (χ0v) is 7.66. The minimum Gasteiger partial charge on any atom is -0.197 e. The van der Waals surface area contributed by atoms with Gasteiger partial charge < -0.3 is 0 Å². The van der Waals surface area contributed by atoms with Crippen molar-refractivity contribution in [2.45, 2.75) is 6.92 Å². The van der Waals surface area contributed by atoms with Crippen molar-refractivity contribution in [3.05, 3.63) is 0 Å². The van der Waals surface area contributed by atoms with Gasteiger partial charge >= 0.3 is 0 Å². The van der Waals surface area contributed by atoms with Gasteiger partial charge in [0, 0.05) is 0 Å². The van der Waals surface area contributed by atoms with Crippen LogP contribution in [-0.4, -0.2) is 5.75 Å². The molecule has 42 valence electrons. The first kappa shape index (κ1) is 15.6. The SMILES string of the molecule is CCSP.S.S. The molecule has 0 aromatic heterocycles. The van der Waals surface area contributed by atoms with Crippen LogP contribution in [0.25, 0.3) is 0 Å². The lowest BCUT2D eigenvalue weighted by Crippen LogP contribution is -1.44. The summed E-state index contributed by atoms with van der Waals surface area (Å²) in [6.07, 6.45) is 0. The quantitative estimate of drug-likeness (QED) is 0.529. The predicted molar refractivity (Wildman–Crippen MR) is 48.6 cm³/mol. The van der Waals surface area contributed by atoms with E-state index in [4.69, 9.17) is 0 Å². The van der Waals surface area contributed by atoms with E-state index >= 15 is 0 Å². The molecular formula is C2H11PS3. The average Bonchev–Trinajstić information content (AvgIpc) is 1.37. The summed E-state index contributed by atoms with van der Waals surface area (Å²) in [5.41, 5.74) is 0. The summed E-state index contributed by atoms with van der Waals surface area (Å²) < 4.78 is 0. The van der Waals surface area contributed by atoms with Crippen molar-refractivity contribution in [3.63, 3.8) is 0 Å². The van der Waals surface area contributed by atoms with Crippen molar-refractivity contribution in [2.75, 3.05) is 5.75 Å². The van der Waals surface area contributed by atoms with Crippen molar-refractivity contribution in [3.8, 4) is 0 Å². The van der Waals surface area contributed by atoms with Gasteiger partial charge in [-0.3, -0.25) is 0 Å². The number of hydrogen-bond donors (Lipinski definition) is 0. The fourth-order valence-electron chi connectivity index (χ4n) is 0. The molecule has 0 aliphatic rings. The Morgan fingerprint density at radius 2 is 1.67 bits per heavy atom. The van der Waals surface area contributed by atoms with Crippen LogP contribution < -0.4 is 0 Å². The molecule has 0 nitrogen and oxygen atoms in total. The Morgan fingerprint density at radius 3 is 1.67 bits per heavy atom. The Balaban J connectivity index is -0.0000000450. The van der Waals surface area contributed by atoms with Crippen LogP contribution in [0.2, 0.25) is 0 Å². The maximum Gasteiger partial charge on any atom is -0.00594 e. The molecule has 1 atom stereocenters. The van der Waals surface area contributed by atoms with Crippen LogP contribution in [0.4, 0.5) is 0 Å². The molecule has 0 fully saturated rings. The van der Waals surface area contributed by atoms with Crippen LogP contribution in [0.3, 0.4) is 0 Å². The van der Waals surface area contributed by atoms with Crippen molar-refractivity contribution in [1.82, 2.24) is 0 Å². The van der Waals surface area contributed by atoms with Crippen LogP contribution in [0.1, 0.15) is 6.92 Å². The first-order valence-electron chi connectivity index (χ1n) is 1.23. The Morgan fingerprint density at radius 1 is 1.50 bits per heavy atom. The lowest BCUT2D eigenvalue weighted by atomic mass is 11.0. The second-order valence-electron chi connectivity index (χ2n) is 0.455. The molecule has 4 heteroatoms. The van der Waals surface area contributed by atoms with Crippen LogP contribution in [-0.2, 0) is 0 Å². The first-order chi connectivity index (χ1) is 1.91. The molecule has 0 aliphatic heterocycles. The second kappa shape index (κ2) is 16.1. The van der Waals surface area contributed by atoms with E-state index in [9.17, 15) is 0 Å². The molecule has 1 unspecified atom stereocenters. The van der Waals surface area contributed by atoms with E-state index in [1.165, 1.54) is 5.75 Å². The van der Waals surface area contributed by atoms with E-state index < -0.39 is 0 Å². The predicted octanol–water partition coefficient (Wildman–Crippen LogP) is 1.76. The monoisotopic (exact) mass is 162 g/mol. The smallest absolute Gasteiger partial charge is 0.00594 e. The van der Waals surface area contributed by atoms with E-state index in [2.05, 4.69) is 15.4 Å². The van der Waals surface area contributed by atoms with Crippen molar-refractivity contribution in [2.24, 2.45) is 0 Å². The van der Waals surface area contributed by atoms with Gasteiger partial charge in [0.1, 0.15) is 0 Å². The van der Waals surface area contributed by atoms with Crippen LogP contribution in [0, 0.1) is 0 Å². The van der Waals surface area contributed by atoms with Gasteiger partial charge in [0.05, 0.1) is 0 Å². The van der Waals surface area contributed by atoms with Crippen LogP contribution in [0.5, 0.6) is 0 Å². The highest BCUT2D eigenvalue weighted by molar-refractivity contribution is 8.43. The Kier molecular flexibility index (Phi) is 41.9. The molecule has 0 bridgehead atoms. The molecular weight excluding hydrogens is 151 g/mol. The second-order valence-corrected chi connectivity index (χ2v) is 2.37. The number of rotatable bonds is 1. The van der Waals surface area contributed by atoms with Gasteiger partial charge in [0.25, 0.3) is 0 Å². The summed E-state index contributed by atoms with van der Waals surface area (Å²) in [7, 11) is 2.57. The molecule has 0 aliphatic carbocycles. The van der Waals surface area contributed by atoms with Crippen LogP contribution >= 0.6 is 46.8 Å². The molecule has 0 radical (unpaired) electrons. The third kappa shape index (κ3) is 17.9. The van der Waals surface area contributed by atoms with Crippen molar-refractivity contribution < 1.29 is 0 Å².